The van der Waals surface area contributed by atoms with E-state index in [1.807, 2.05) is 6.92 Å². The first kappa shape index (κ1) is 14.2. The second kappa shape index (κ2) is 6.35. The van der Waals surface area contributed by atoms with Crippen LogP contribution in [0.1, 0.15) is 30.7 Å². The minimum Gasteiger partial charge on any atom is -0.339 e. The Morgan fingerprint density at radius 1 is 1.43 bits per heavy atom. The van der Waals surface area contributed by atoms with E-state index in [4.69, 9.17) is 4.52 Å². The van der Waals surface area contributed by atoms with E-state index in [9.17, 15) is 4.39 Å². The highest BCUT2D eigenvalue weighted by molar-refractivity contribution is 5.59. The van der Waals surface area contributed by atoms with Crippen molar-refractivity contribution in [3.05, 3.63) is 35.5 Å². The van der Waals surface area contributed by atoms with Crippen molar-refractivity contribution in [1.82, 2.24) is 15.5 Å². The molecule has 0 amide bonds. The van der Waals surface area contributed by atoms with Gasteiger partial charge in [-0.15, -0.1) is 0 Å². The summed E-state index contributed by atoms with van der Waals surface area (Å²) in [5, 5.41) is 7.43. The summed E-state index contributed by atoms with van der Waals surface area (Å²) in [5.41, 5.74) is 1.64. The average Bonchev–Trinajstić information content (AvgIpc) is 2.95. The van der Waals surface area contributed by atoms with Gasteiger partial charge in [0.1, 0.15) is 5.82 Å². The predicted molar refractivity (Wildman–Crippen MR) is 78.3 cm³/mol. The van der Waals surface area contributed by atoms with Crippen molar-refractivity contribution in [3.8, 4) is 11.4 Å². The molecule has 0 radical (unpaired) electrons. The molecular weight excluding hydrogens is 269 g/mol. The lowest BCUT2D eigenvalue weighted by Crippen LogP contribution is -2.29. The molecule has 1 aliphatic heterocycles. The molecule has 1 N–H and O–H groups in total. The fourth-order valence-electron chi connectivity index (χ4n) is 2.84. The Kier molecular flexibility index (Phi) is 4.29. The van der Waals surface area contributed by atoms with Crippen molar-refractivity contribution in [2.75, 3.05) is 13.1 Å². The fraction of sp³-hybridized carbons (Fsp3) is 0.500. The van der Waals surface area contributed by atoms with Crippen LogP contribution in [-0.4, -0.2) is 23.2 Å². The lowest BCUT2D eigenvalue weighted by atomic mass is 9.95. The van der Waals surface area contributed by atoms with Gasteiger partial charge in [-0.25, -0.2) is 4.39 Å². The minimum absolute atomic E-state index is 0.246. The highest BCUT2D eigenvalue weighted by atomic mass is 19.1. The van der Waals surface area contributed by atoms with E-state index >= 15 is 0 Å². The van der Waals surface area contributed by atoms with E-state index in [0.717, 1.165) is 37.1 Å². The molecule has 0 aliphatic carbocycles. The number of aromatic nitrogens is 2. The van der Waals surface area contributed by atoms with Crippen LogP contribution in [0.2, 0.25) is 0 Å². The molecule has 1 unspecified atom stereocenters. The van der Waals surface area contributed by atoms with Crippen molar-refractivity contribution in [2.45, 2.75) is 32.6 Å². The molecule has 1 fully saturated rings. The Labute approximate surface area is 123 Å². The molecule has 21 heavy (non-hydrogen) atoms. The maximum Gasteiger partial charge on any atom is 0.226 e. The topological polar surface area (TPSA) is 51.0 Å². The largest absolute Gasteiger partial charge is 0.339 e. The van der Waals surface area contributed by atoms with E-state index < -0.39 is 0 Å². The van der Waals surface area contributed by atoms with Crippen LogP contribution in [0, 0.1) is 18.7 Å². The van der Waals surface area contributed by atoms with E-state index in [1.165, 1.54) is 25.0 Å². The molecule has 2 aromatic rings. The Bertz CT molecular complexity index is 605. The zero-order valence-electron chi connectivity index (χ0n) is 12.2. The number of piperidine rings is 1. The number of benzene rings is 1. The van der Waals surface area contributed by atoms with Crippen molar-refractivity contribution < 1.29 is 8.91 Å². The van der Waals surface area contributed by atoms with Crippen LogP contribution in [0.3, 0.4) is 0 Å². The average molecular weight is 289 g/mol. The van der Waals surface area contributed by atoms with Gasteiger partial charge in [0.25, 0.3) is 0 Å². The Morgan fingerprint density at radius 2 is 2.33 bits per heavy atom. The van der Waals surface area contributed by atoms with Gasteiger partial charge in [-0.2, -0.15) is 4.98 Å². The van der Waals surface area contributed by atoms with Crippen molar-refractivity contribution >= 4 is 0 Å². The van der Waals surface area contributed by atoms with Crippen LogP contribution in [0.15, 0.2) is 22.7 Å². The maximum absolute atomic E-state index is 13.1. The van der Waals surface area contributed by atoms with Gasteiger partial charge in [-0.1, -0.05) is 5.16 Å². The zero-order chi connectivity index (χ0) is 14.7. The quantitative estimate of drug-likeness (QED) is 0.939. The summed E-state index contributed by atoms with van der Waals surface area (Å²) >= 11 is 0. The third kappa shape index (κ3) is 3.47. The van der Waals surface area contributed by atoms with Crippen LogP contribution in [0.4, 0.5) is 4.39 Å². The summed E-state index contributed by atoms with van der Waals surface area (Å²) in [7, 11) is 0. The number of hydrogen-bond acceptors (Lipinski definition) is 4. The molecule has 1 aliphatic rings. The molecule has 1 aromatic heterocycles. The summed E-state index contributed by atoms with van der Waals surface area (Å²) in [6.07, 6.45) is 4.39. The monoisotopic (exact) mass is 289 g/mol. The summed E-state index contributed by atoms with van der Waals surface area (Å²) in [6.45, 7) is 4.06. The van der Waals surface area contributed by atoms with Gasteiger partial charge in [0.2, 0.25) is 11.7 Å². The molecule has 5 heteroatoms. The Hall–Kier alpha value is -1.75. The van der Waals surface area contributed by atoms with Gasteiger partial charge in [0.05, 0.1) is 0 Å². The molecule has 0 spiro atoms. The molecule has 0 bridgehead atoms. The first-order valence-corrected chi connectivity index (χ1v) is 7.52. The van der Waals surface area contributed by atoms with Crippen LogP contribution in [0.25, 0.3) is 11.4 Å². The number of nitrogens with zero attached hydrogens (tertiary/aromatic N) is 2. The molecule has 1 atom stereocenters. The summed E-state index contributed by atoms with van der Waals surface area (Å²) in [4.78, 5) is 4.43. The summed E-state index contributed by atoms with van der Waals surface area (Å²) in [6, 6.07) is 4.61. The summed E-state index contributed by atoms with van der Waals surface area (Å²) < 4.78 is 18.4. The molecule has 1 saturated heterocycles. The van der Waals surface area contributed by atoms with E-state index in [1.54, 1.807) is 6.07 Å². The smallest absolute Gasteiger partial charge is 0.226 e. The Balaban J connectivity index is 1.65. The molecule has 4 nitrogen and oxygen atoms in total. The number of aryl methyl sites for hydroxylation is 2. The molecule has 1 aromatic carbocycles. The van der Waals surface area contributed by atoms with Crippen molar-refractivity contribution in [3.63, 3.8) is 0 Å². The van der Waals surface area contributed by atoms with Crippen molar-refractivity contribution in [2.24, 2.45) is 5.92 Å². The van der Waals surface area contributed by atoms with Crippen LogP contribution in [0.5, 0.6) is 0 Å². The molecule has 2 heterocycles. The molecular formula is C16H20FN3O. The fourth-order valence-corrected chi connectivity index (χ4v) is 2.84. The maximum atomic E-state index is 13.1. The minimum atomic E-state index is -0.246. The third-order valence-electron chi connectivity index (χ3n) is 4.06. The van der Waals surface area contributed by atoms with Gasteiger partial charge >= 0.3 is 0 Å². The number of rotatable bonds is 4. The second-order valence-electron chi connectivity index (χ2n) is 5.72. The lowest BCUT2D eigenvalue weighted by molar-refractivity contribution is 0.327. The standard InChI is InChI=1S/C16H20FN3O/c1-11-9-13(17)5-6-14(11)16-19-15(21-20-16)7-4-12-3-2-8-18-10-12/h5-6,9,12,18H,2-4,7-8,10H2,1H3. The van der Waals surface area contributed by atoms with E-state index in [-0.39, 0.29) is 5.82 Å². The second-order valence-corrected chi connectivity index (χ2v) is 5.72. The third-order valence-corrected chi connectivity index (χ3v) is 4.06. The van der Waals surface area contributed by atoms with Gasteiger partial charge in [0, 0.05) is 12.0 Å². The first-order valence-electron chi connectivity index (χ1n) is 7.52. The number of hydrogen-bond donors (Lipinski definition) is 1. The van der Waals surface area contributed by atoms with Crippen molar-refractivity contribution in [1.29, 1.82) is 0 Å². The van der Waals surface area contributed by atoms with E-state index in [2.05, 4.69) is 15.5 Å². The SMILES string of the molecule is Cc1cc(F)ccc1-c1noc(CCC2CCCNC2)n1. The molecule has 3 rings (SSSR count). The lowest BCUT2D eigenvalue weighted by Gasteiger charge is -2.21. The zero-order valence-corrected chi connectivity index (χ0v) is 12.2. The Morgan fingerprint density at radius 3 is 3.10 bits per heavy atom. The number of halogens is 1. The first-order chi connectivity index (χ1) is 10.2. The summed E-state index contributed by atoms with van der Waals surface area (Å²) in [5.74, 6) is 1.66. The van der Waals surface area contributed by atoms with Gasteiger partial charge < -0.3 is 9.84 Å². The van der Waals surface area contributed by atoms with Gasteiger partial charge in [-0.05, 0) is 69.0 Å². The van der Waals surface area contributed by atoms with Gasteiger partial charge in [-0.3, -0.25) is 0 Å². The van der Waals surface area contributed by atoms with Crippen LogP contribution >= 0.6 is 0 Å². The van der Waals surface area contributed by atoms with Gasteiger partial charge in [0.15, 0.2) is 0 Å². The highest BCUT2D eigenvalue weighted by Gasteiger charge is 2.16. The highest BCUT2D eigenvalue weighted by Crippen LogP contribution is 2.22. The predicted octanol–water partition coefficient (Wildman–Crippen LogP) is 3.12. The molecule has 0 saturated carbocycles. The van der Waals surface area contributed by atoms with Crippen LogP contribution in [-0.2, 0) is 6.42 Å². The van der Waals surface area contributed by atoms with Crippen LogP contribution < -0.4 is 5.32 Å². The molecule has 112 valence electrons. The normalized spacial score (nSPS) is 18.9. The van der Waals surface area contributed by atoms with E-state index in [0.29, 0.717) is 17.6 Å². The number of nitrogens with one attached hydrogen (secondary N) is 1.